The molecule has 2 aromatic rings. The van der Waals surface area contributed by atoms with E-state index in [1.54, 1.807) is 4.90 Å². The highest BCUT2D eigenvalue weighted by molar-refractivity contribution is 9.10. The molecule has 1 fully saturated rings. The molecule has 0 spiro atoms. The Hall–Kier alpha value is -1.59. The fourth-order valence-corrected chi connectivity index (χ4v) is 3.38. The molecule has 120 valence electrons. The van der Waals surface area contributed by atoms with Crippen LogP contribution in [0.3, 0.4) is 0 Å². The predicted octanol–water partition coefficient (Wildman–Crippen LogP) is 4.20. The van der Waals surface area contributed by atoms with Gasteiger partial charge in [0.1, 0.15) is 5.82 Å². The van der Waals surface area contributed by atoms with E-state index in [1.807, 2.05) is 24.3 Å². The fourth-order valence-electron chi connectivity index (χ4n) is 2.67. The van der Waals surface area contributed by atoms with Crippen LogP contribution < -0.4 is 4.90 Å². The molecule has 3 nitrogen and oxygen atoms in total. The van der Waals surface area contributed by atoms with E-state index in [2.05, 4.69) is 20.8 Å². The van der Waals surface area contributed by atoms with Gasteiger partial charge in [-0.1, -0.05) is 17.7 Å². The number of piperazine rings is 1. The van der Waals surface area contributed by atoms with Crippen molar-refractivity contribution in [2.45, 2.75) is 0 Å². The largest absolute Gasteiger partial charge is 0.368 e. The third kappa shape index (κ3) is 3.67. The molecule has 1 aliphatic heterocycles. The van der Waals surface area contributed by atoms with Gasteiger partial charge in [-0.05, 0) is 52.3 Å². The lowest BCUT2D eigenvalue weighted by molar-refractivity contribution is 0.0746. The molecule has 2 aromatic carbocycles. The van der Waals surface area contributed by atoms with Crippen molar-refractivity contribution in [1.82, 2.24) is 4.90 Å². The highest BCUT2D eigenvalue weighted by Crippen LogP contribution is 2.23. The first-order valence-corrected chi connectivity index (χ1v) is 8.46. The summed E-state index contributed by atoms with van der Waals surface area (Å²) >= 11 is 9.28. The first-order chi connectivity index (χ1) is 11.0. The van der Waals surface area contributed by atoms with Crippen molar-refractivity contribution >= 4 is 39.1 Å². The SMILES string of the molecule is O=C(c1ccc(F)cc1Br)N1CCN(c2cccc(Cl)c2)CC1. The minimum absolute atomic E-state index is 0.0809. The molecule has 1 aliphatic rings. The van der Waals surface area contributed by atoms with E-state index in [1.165, 1.54) is 18.2 Å². The van der Waals surface area contributed by atoms with E-state index in [4.69, 9.17) is 11.6 Å². The molecule has 1 heterocycles. The molecule has 0 aromatic heterocycles. The number of carbonyl (C=O) groups excluding carboxylic acids is 1. The number of carbonyl (C=O) groups is 1. The lowest BCUT2D eigenvalue weighted by Crippen LogP contribution is -2.48. The van der Waals surface area contributed by atoms with Crippen LogP contribution in [0, 0.1) is 5.82 Å². The van der Waals surface area contributed by atoms with Crippen molar-refractivity contribution in [2.75, 3.05) is 31.1 Å². The van der Waals surface area contributed by atoms with Gasteiger partial charge in [0.05, 0.1) is 5.56 Å². The molecule has 0 radical (unpaired) electrons. The Morgan fingerprint density at radius 3 is 2.48 bits per heavy atom. The van der Waals surface area contributed by atoms with Gasteiger partial charge in [0.15, 0.2) is 0 Å². The number of hydrogen-bond acceptors (Lipinski definition) is 2. The van der Waals surface area contributed by atoms with Crippen molar-refractivity contribution < 1.29 is 9.18 Å². The Morgan fingerprint density at radius 1 is 1.09 bits per heavy atom. The Morgan fingerprint density at radius 2 is 1.83 bits per heavy atom. The monoisotopic (exact) mass is 396 g/mol. The van der Waals surface area contributed by atoms with Gasteiger partial charge >= 0.3 is 0 Å². The molecule has 0 N–H and O–H groups in total. The van der Waals surface area contributed by atoms with Gasteiger partial charge in [0, 0.05) is 41.4 Å². The van der Waals surface area contributed by atoms with Crippen molar-refractivity contribution in [3.8, 4) is 0 Å². The van der Waals surface area contributed by atoms with E-state index >= 15 is 0 Å². The van der Waals surface area contributed by atoms with Crippen LogP contribution in [0.5, 0.6) is 0 Å². The van der Waals surface area contributed by atoms with Gasteiger partial charge in [-0.3, -0.25) is 4.79 Å². The lowest BCUT2D eigenvalue weighted by atomic mass is 10.1. The van der Waals surface area contributed by atoms with Crippen LogP contribution in [0.15, 0.2) is 46.9 Å². The third-order valence-electron chi connectivity index (χ3n) is 3.90. The molecular formula is C17H15BrClFN2O. The van der Waals surface area contributed by atoms with E-state index in [0.29, 0.717) is 28.1 Å². The molecule has 1 amide bonds. The van der Waals surface area contributed by atoms with Gasteiger partial charge < -0.3 is 9.80 Å². The predicted molar refractivity (Wildman–Crippen MR) is 93.7 cm³/mol. The molecule has 23 heavy (non-hydrogen) atoms. The summed E-state index contributed by atoms with van der Waals surface area (Å²) in [4.78, 5) is 16.6. The number of rotatable bonds is 2. The topological polar surface area (TPSA) is 23.6 Å². The minimum Gasteiger partial charge on any atom is -0.368 e. The number of benzene rings is 2. The second-order valence-electron chi connectivity index (χ2n) is 5.38. The minimum atomic E-state index is -0.362. The van der Waals surface area contributed by atoms with Gasteiger partial charge in [0.2, 0.25) is 0 Å². The molecule has 0 saturated carbocycles. The molecule has 6 heteroatoms. The molecular weight excluding hydrogens is 383 g/mol. The van der Waals surface area contributed by atoms with E-state index in [0.717, 1.165) is 18.8 Å². The van der Waals surface area contributed by atoms with Gasteiger partial charge in [-0.2, -0.15) is 0 Å². The van der Waals surface area contributed by atoms with Crippen molar-refractivity contribution in [3.05, 3.63) is 63.3 Å². The van der Waals surface area contributed by atoms with Crippen molar-refractivity contribution in [2.24, 2.45) is 0 Å². The lowest BCUT2D eigenvalue weighted by Gasteiger charge is -2.36. The highest BCUT2D eigenvalue weighted by Gasteiger charge is 2.23. The van der Waals surface area contributed by atoms with Crippen molar-refractivity contribution in [3.63, 3.8) is 0 Å². The molecule has 0 unspecified atom stereocenters. The number of nitrogens with zero attached hydrogens (tertiary/aromatic N) is 2. The van der Waals surface area contributed by atoms with Crippen LogP contribution in [0.2, 0.25) is 5.02 Å². The van der Waals surface area contributed by atoms with Gasteiger partial charge in [-0.25, -0.2) is 4.39 Å². The van der Waals surface area contributed by atoms with E-state index in [-0.39, 0.29) is 11.7 Å². The Kier molecular flexibility index (Phi) is 4.87. The number of hydrogen-bond donors (Lipinski definition) is 0. The number of anilines is 1. The highest BCUT2D eigenvalue weighted by atomic mass is 79.9. The van der Waals surface area contributed by atoms with Crippen LogP contribution in [0.1, 0.15) is 10.4 Å². The first kappa shape index (κ1) is 16.3. The van der Waals surface area contributed by atoms with Crippen LogP contribution in [0.25, 0.3) is 0 Å². The van der Waals surface area contributed by atoms with Crippen LogP contribution in [-0.2, 0) is 0 Å². The summed E-state index contributed by atoms with van der Waals surface area (Å²) in [5.41, 5.74) is 1.55. The second kappa shape index (κ2) is 6.89. The summed E-state index contributed by atoms with van der Waals surface area (Å²) in [6.45, 7) is 2.72. The standard InChI is InChI=1S/C17H15BrClFN2O/c18-16-11-13(20)4-5-15(16)17(23)22-8-6-21(7-9-22)14-3-1-2-12(19)10-14/h1-5,10-11H,6-9H2. The Bertz CT molecular complexity index is 732. The summed E-state index contributed by atoms with van der Waals surface area (Å²) in [5.74, 6) is -0.443. The zero-order valence-corrected chi connectivity index (χ0v) is 14.6. The Labute approximate surface area is 147 Å². The average molecular weight is 398 g/mol. The molecule has 1 saturated heterocycles. The maximum Gasteiger partial charge on any atom is 0.255 e. The van der Waals surface area contributed by atoms with Gasteiger partial charge in [-0.15, -0.1) is 0 Å². The van der Waals surface area contributed by atoms with Crippen LogP contribution >= 0.6 is 27.5 Å². The third-order valence-corrected chi connectivity index (χ3v) is 4.79. The van der Waals surface area contributed by atoms with Gasteiger partial charge in [0.25, 0.3) is 5.91 Å². The first-order valence-electron chi connectivity index (χ1n) is 7.29. The van der Waals surface area contributed by atoms with Crippen LogP contribution in [0.4, 0.5) is 10.1 Å². The zero-order valence-electron chi connectivity index (χ0n) is 12.3. The Balaban J connectivity index is 1.68. The molecule has 0 bridgehead atoms. The maximum absolute atomic E-state index is 13.2. The van der Waals surface area contributed by atoms with E-state index in [9.17, 15) is 9.18 Å². The summed E-state index contributed by atoms with van der Waals surface area (Å²) in [7, 11) is 0. The van der Waals surface area contributed by atoms with Crippen molar-refractivity contribution in [1.29, 1.82) is 0 Å². The molecule has 0 aliphatic carbocycles. The van der Waals surface area contributed by atoms with Crippen LogP contribution in [-0.4, -0.2) is 37.0 Å². The summed E-state index contributed by atoms with van der Waals surface area (Å²) in [6, 6.07) is 11.8. The zero-order chi connectivity index (χ0) is 16.4. The number of amides is 1. The average Bonchev–Trinajstić information content (AvgIpc) is 2.54. The summed E-state index contributed by atoms with van der Waals surface area (Å²) in [6.07, 6.45) is 0. The second-order valence-corrected chi connectivity index (χ2v) is 6.67. The quantitative estimate of drug-likeness (QED) is 0.758. The number of halogens is 3. The summed E-state index contributed by atoms with van der Waals surface area (Å²) in [5, 5.41) is 0.705. The normalized spacial score (nSPS) is 14.9. The summed E-state index contributed by atoms with van der Waals surface area (Å²) < 4.78 is 13.6. The molecule has 3 rings (SSSR count). The fraction of sp³-hybridized carbons (Fsp3) is 0.235. The van der Waals surface area contributed by atoms with E-state index < -0.39 is 0 Å². The molecule has 0 atom stereocenters. The smallest absolute Gasteiger partial charge is 0.255 e. The maximum atomic E-state index is 13.2.